The van der Waals surface area contributed by atoms with Gasteiger partial charge in [0, 0.05) is 20.1 Å². The second-order valence-corrected chi connectivity index (χ2v) is 6.85. The molecule has 1 saturated heterocycles. The molecule has 3 rings (SSSR count). The minimum absolute atomic E-state index is 0.0412. The minimum atomic E-state index is -0.293. The van der Waals surface area contributed by atoms with Gasteiger partial charge in [0.1, 0.15) is 0 Å². The Morgan fingerprint density at radius 3 is 2.68 bits per heavy atom. The molecule has 1 atom stereocenters. The van der Waals surface area contributed by atoms with Gasteiger partial charge in [-0.2, -0.15) is 0 Å². The summed E-state index contributed by atoms with van der Waals surface area (Å²) >= 11 is 0. The molecule has 2 heterocycles. The number of benzene rings is 1. The van der Waals surface area contributed by atoms with Crippen LogP contribution in [0.15, 0.2) is 47.1 Å². The van der Waals surface area contributed by atoms with E-state index in [0.717, 1.165) is 6.42 Å². The maximum atomic E-state index is 13.0. The van der Waals surface area contributed by atoms with E-state index < -0.39 is 0 Å². The molecule has 2 N–H and O–H groups in total. The molecule has 6 heteroatoms. The smallest absolute Gasteiger partial charge is 0.293 e. The van der Waals surface area contributed by atoms with Crippen LogP contribution in [0.25, 0.3) is 0 Å². The molecule has 25 heavy (non-hydrogen) atoms. The summed E-state index contributed by atoms with van der Waals surface area (Å²) in [6.07, 6.45) is 2.34. The summed E-state index contributed by atoms with van der Waals surface area (Å²) in [4.78, 5) is 28.8. The van der Waals surface area contributed by atoms with E-state index in [9.17, 15) is 9.59 Å². The van der Waals surface area contributed by atoms with Crippen molar-refractivity contribution in [1.82, 2.24) is 4.90 Å². The molecule has 1 aliphatic heterocycles. The van der Waals surface area contributed by atoms with Crippen LogP contribution < -0.4 is 10.6 Å². The molecule has 0 radical (unpaired) electrons. The number of para-hydroxylation sites is 1. The van der Waals surface area contributed by atoms with E-state index in [-0.39, 0.29) is 23.0 Å². The summed E-state index contributed by atoms with van der Waals surface area (Å²) < 4.78 is 5.18. The lowest BCUT2D eigenvalue weighted by Gasteiger charge is -2.25. The van der Waals surface area contributed by atoms with Crippen molar-refractivity contribution in [2.24, 2.45) is 11.1 Å². The van der Waals surface area contributed by atoms with E-state index in [1.807, 2.05) is 11.0 Å². The average Bonchev–Trinajstić information content (AvgIpc) is 3.30. The second-order valence-electron chi connectivity index (χ2n) is 6.85. The molecule has 1 aliphatic rings. The zero-order valence-corrected chi connectivity index (χ0v) is 14.6. The van der Waals surface area contributed by atoms with Crippen molar-refractivity contribution < 1.29 is 14.0 Å². The first kappa shape index (κ1) is 17.2. The van der Waals surface area contributed by atoms with Crippen LogP contribution in [0.1, 0.15) is 34.3 Å². The number of hydrogen-bond donors (Lipinski definition) is 1. The van der Waals surface area contributed by atoms with Crippen LogP contribution in [0.2, 0.25) is 0 Å². The fourth-order valence-electron chi connectivity index (χ4n) is 3.16. The van der Waals surface area contributed by atoms with Gasteiger partial charge in [-0.15, -0.1) is 0 Å². The number of carbonyl (C=O) groups is 2. The Morgan fingerprint density at radius 2 is 2.04 bits per heavy atom. The summed E-state index contributed by atoms with van der Waals surface area (Å²) in [5, 5.41) is 0. The average molecular weight is 341 g/mol. The Labute approximate surface area is 147 Å². The molecule has 1 aromatic heterocycles. The number of amides is 2. The maximum Gasteiger partial charge on any atom is 0.293 e. The zero-order chi connectivity index (χ0) is 18.0. The summed E-state index contributed by atoms with van der Waals surface area (Å²) in [6, 6.07) is 10.4. The third-order valence-electron chi connectivity index (χ3n) is 4.87. The van der Waals surface area contributed by atoms with Crippen LogP contribution in [-0.2, 0) is 0 Å². The van der Waals surface area contributed by atoms with Crippen molar-refractivity contribution in [3.05, 3.63) is 54.0 Å². The summed E-state index contributed by atoms with van der Waals surface area (Å²) in [5.41, 5.74) is 6.87. The quantitative estimate of drug-likeness (QED) is 0.926. The van der Waals surface area contributed by atoms with Crippen LogP contribution in [0.5, 0.6) is 0 Å². The van der Waals surface area contributed by atoms with Gasteiger partial charge < -0.3 is 20.0 Å². The highest BCUT2D eigenvalue weighted by molar-refractivity contribution is 6.09. The van der Waals surface area contributed by atoms with Gasteiger partial charge in [0.25, 0.3) is 11.8 Å². The molecule has 6 nitrogen and oxygen atoms in total. The van der Waals surface area contributed by atoms with Crippen molar-refractivity contribution >= 4 is 17.5 Å². The molecule has 0 aliphatic carbocycles. The van der Waals surface area contributed by atoms with E-state index in [1.54, 1.807) is 37.4 Å². The summed E-state index contributed by atoms with van der Waals surface area (Å²) in [7, 11) is 1.64. The Morgan fingerprint density at radius 1 is 1.28 bits per heavy atom. The summed E-state index contributed by atoms with van der Waals surface area (Å²) in [5.74, 6) is -0.132. The number of anilines is 1. The number of furan rings is 1. The molecule has 2 aromatic rings. The number of likely N-dealkylation sites (tertiary alicyclic amines) is 1. The van der Waals surface area contributed by atoms with Gasteiger partial charge >= 0.3 is 0 Å². The molecule has 132 valence electrons. The number of hydrogen-bond acceptors (Lipinski definition) is 4. The van der Waals surface area contributed by atoms with E-state index >= 15 is 0 Å². The number of nitrogens with zero attached hydrogens (tertiary/aromatic N) is 2. The number of nitrogens with two attached hydrogens (primary N) is 1. The number of rotatable bonds is 4. The fraction of sp³-hybridized carbons (Fsp3) is 0.368. The van der Waals surface area contributed by atoms with Gasteiger partial charge in [-0.3, -0.25) is 9.59 Å². The van der Waals surface area contributed by atoms with Crippen molar-refractivity contribution in [2.45, 2.75) is 13.3 Å². The van der Waals surface area contributed by atoms with Gasteiger partial charge in [-0.1, -0.05) is 19.1 Å². The first-order valence-corrected chi connectivity index (χ1v) is 8.35. The molecule has 1 unspecified atom stereocenters. The van der Waals surface area contributed by atoms with E-state index in [4.69, 9.17) is 10.2 Å². The highest BCUT2D eigenvalue weighted by Crippen LogP contribution is 2.31. The molecule has 0 bridgehead atoms. The molecular formula is C19H23N3O3. The third kappa shape index (κ3) is 3.30. The summed E-state index contributed by atoms with van der Waals surface area (Å²) in [6.45, 7) is 3.96. The first-order valence-electron chi connectivity index (χ1n) is 8.35. The van der Waals surface area contributed by atoms with Gasteiger partial charge in [-0.05, 0) is 42.6 Å². The lowest BCUT2D eigenvalue weighted by Crippen LogP contribution is -2.35. The van der Waals surface area contributed by atoms with Crippen LogP contribution in [-0.4, -0.2) is 43.4 Å². The highest BCUT2D eigenvalue weighted by atomic mass is 16.3. The van der Waals surface area contributed by atoms with Crippen molar-refractivity contribution in [2.75, 3.05) is 31.6 Å². The second kappa shape index (κ2) is 6.72. The Balaban J connectivity index is 1.86. The minimum Gasteiger partial charge on any atom is -0.459 e. The fourth-order valence-corrected chi connectivity index (χ4v) is 3.16. The largest absolute Gasteiger partial charge is 0.459 e. The third-order valence-corrected chi connectivity index (χ3v) is 4.87. The van der Waals surface area contributed by atoms with Gasteiger partial charge in [0.05, 0.1) is 17.5 Å². The maximum absolute atomic E-state index is 13.0. The predicted molar refractivity (Wildman–Crippen MR) is 95.6 cm³/mol. The van der Waals surface area contributed by atoms with Crippen LogP contribution in [0, 0.1) is 5.41 Å². The SMILES string of the molecule is CN(C(=O)c1ccco1)c1ccccc1C(=O)N1CCC(C)(CN)C1. The van der Waals surface area contributed by atoms with Gasteiger partial charge in [0.15, 0.2) is 5.76 Å². The molecule has 1 aromatic carbocycles. The molecule has 2 amide bonds. The van der Waals surface area contributed by atoms with Crippen LogP contribution in [0.3, 0.4) is 0 Å². The topological polar surface area (TPSA) is 79.8 Å². The Hall–Kier alpha value is -2.60. The van der Waals surface area contributed by atoms with Crippen LogP contribution in [0.4, 0.5) is 5.69 Å². The van der Waals surface area contributed by atoms with Crippen LogP contribution >= 0.6 is 0 Å². The zero-order valence-electron chi connectivity index (χ0n) is 14.6. The standard InChI is InChI=1S/C19H23N3O3/c1-19(12-20)9-10-22(13-19)17(23)14-6-3-4-7-15(14)21(2)18(24)16-8-5-11-25-16/h3-8,11H,9-10,12-13,20H2,1-2H3. The molecule has 0 saturated carbocycles. The lowest BCUT2D eigenvalue weighted by molar-refractivity contribution is 0.0777. The van der Waals surface area contributed by atoms with Crippen molar-refractivity contribution in [3.8, 4) is 0 Å². The molecular weight excluding hydrogens is 318 g/mol. The van der Waals surface area contributed by atoms with Gasteiger partial charge in [-0.25, -0.2) is 0 Å². The number of carbonyl (C=O) groups excluding carboxylic acids is 2. The first-order chi connectivity index (χ1) is 11.9. The van der Waals surface area contributed by atoms with Crippen molar-refractivity contribution in [3.63, 3.8) is 0 Å². The van der Waals surface area contributed by atoms with Crippen molar-refractivity contribution in [1.29, 1.82) is 0 Å². The molecule has 1 fully saturated rings. The highest BCUT2D eigenvalue weighted by Gasteiger charge is 2.36. The van der Waals surface area contributed by atoms with E-state index in [0.29, 0.717) is 30.9 Å². The van der Waals surface area contributed by atoms with E-state index in [1.165, 1.54) is 11.2 Å². The predicted octanol–water partition coefficient (Wildman–Crippen LogP) is 2.37. The van der Waals surface area contributed by atoms with Gasteiger partial charge in [0.2, 0.25) is 0 Å². The van der Waals surface area contributed by atoms with E-state index in [2.05, 4.69) is 6.92 Å². The Bertz CT molecular complexity index is 772. The monoisotopic (exact) mass is 341 g/mol. The molecule has 0 spiro atoms. The normalized spacial score (nSPS) is 19.9. The Kier molecular flexibility index (Phi) is 4.63. The lowest BCUT2D eigenvalue weighted by atomic mass is 9.90.